The monoisotopic (exact) mass is 300 g/mol. The van der Waals surface area contributed by atoms with Crippen molar-refractivity contribution in [2.45, 2.75) is 5.92 Å². The van der Waals surface area contributed by atoms with Crippen LogP contribution in [0.5, 0.6) is 5.75 Å². The molecule has 0 heterocycles. The highest BCUT2D eigenvalue weighted by atomic mass is 16.5. The quantitative estimate of drug-likeness (QED) is 0.551. The Morgan fingerprint density at radius 1 is 0.739 bits per heavy atom. The molecule has 0 aliphatic heterocycles. The molecule has 0 saturated carbocycles. The Hall–Kier alpha value is -2.80. The van der Waals surface area contributed by atoms with Gasteiger partial charge in [0.1, 0.15) is 5.75 Å². The molecule has 3 aromatic rings. The average molecular weight is 300 g/mol. The molecule has 1 nitrogen and oxygen atoms in total. The lowest BCUT2D eigenvalue weighted by Gasteiger charge is -2.15. The maximum Gasteiger partial charge on any atom is 0.118 e. The molecule has 1 heteroatoms. The van der Waals surface area contributed by atoms with E-state index in [1.54, 1.807) is 7.11 Å². The van der Waals surface area contributed by atoms with Gasteiger partial charge in [-0.05, 0) is 34.4 Å². The zero-order chi connectivity index (χ0) is 16.1. The van der Waals surface area contributed by atoms with Crippen molar-refractivity contribution < 1.29 is 4.74 Å². The first-order valence-electron chi connectivity index (χ1n) is 7.73. The molecule has 1 unspecified atom stereocenters. The van der Waals surface area contributed by atoms with Crippen LogP contribution in [0.4, 0.5) is 0 Å². The van der Waals surface area contributed by atoms with Gasteiger partial charge in [0, 0.05) is 5.92 Å². The third kappa shape index (κ3) is 3.35. The fraction of sp³-hybridized carbons (Fsp3) is 0.0909. The first kappa shape index (κ1) is 15.1. The van der Waals surface area contributed by atoms with E-state index in [-0.39, 0.29) is 5.92 Å². The molecule has 23 heavy (non-hydrogen) atoms. The van der Waals surface area contributed by atoms with Gasteiger partial charge in [-0.2, -0.15) is 0 Å². The lowest BCUT2D eigenvalue weighted by molar-refractivity contribution is 0.414. The Morgan fingerprint density at radius 2 is 1.26 bits per heavy atom. The molecule has 0 N–H and O–H groups in total. The summed E-state index contributed by atoms with van der Waals surface area (Å²) in [5.74, 6) is 1.06. The van der Waals surface area contributed by atoms with Gasteiger partial charge in [-0.1, -0.05) is 72.8 Å². The van der Waals surface area contributed by atoms with Crippen LogP contribution in [0.15, 0.2) is 91.5 Å². The van der Waals surface area contributed by atoms with Crippen molar-refractivity contribution in [1.82, 2.24) is 0 Å². The molecule has 0 radical (unpaired) electrons. The van der Waals surface area contributed by atoms with Crippen LogP contribution in [0.2, 0.25) is 0 Å². The molecule has 0 spiro atoms. The zero-order valence-electron chi connectivity index (χ0n) is 13.3. The SMILES string of the molecule is C=CC(c1ccc(OC)cc1)c1ccc(-c2ccccc2)cc1. The molecule has 3 aromatic carbocycles. The fourth-order valence-corrected chi connectivity index (χ4v) is 2.79. The van der Waals surface area contributed by atoms with Crippen molar-refractivity contribution in [2.24, 2.45) is 0 Å². The maximum atomic E-state index is 5.23. The highest BCUT2D eigenvalue weighted by molar-refractivity contribution is 5.63. The van der Waals surface area contributed by atoms with Crippen LogP contribution in [0, 0.1) is 0 Å². The number of hydrogen-bond donors (Lipinski definition) is 0. The van der Waals surface area contributed by atoms with E-state index in [1.165, 1.54) is 22.3 Å². The van der Waals surface area contributed by atoms with Crippen molar-refractivity contribution in [2.75, 3.05) is 7.11 Å². The van der Waals surface area contributed by atoms with Crippen LogP contribution in [-0.2, 0) is 0 Å². The summed E-state index contributed by atoms with van der Waals surface area (Å²) in [6.07, 6.45) is 1.99. The topological polar surface area (TPSA) is 9.23 Å². The number of benzene rings is 3. The lowest BCUT2D eigenvalue weighted by Crippen LogP contribution is -1.97. The molecule has 114 valence electrons. The third-order valence-electron chi connectivity index (χ3n) is 4.09. The fourth-order valence-electron chi connectivity index (χ4n) is 2.79. The van der Waals surface area contributed by atoms with Gasteiger partial charge in [0.2, 0.25) is 0 Å². The van der Waals surface area contributed by atoms with Gasteiger partial charge in [-0.25, -0.2) is 0 Å². The molecule has 0 aliphatic rings. The maximum absolute atomic E-state index is 5.23. The van der Waals surface area contributed by atoms with Crippen molar-refractivity contribution in [3.05, 3.63) is 103 Å². The minimum Gasteiger partial charge on any atom is -0.497 e. The second-order valence-electron chi connectivity index (χ2n) is 5.47. The molecular formula is C22H20O. The van der Waals surface area contributed by atoms with E-state index in [0.29, 0.717) is 0 Å². The van der Waals surface area contributed by atoms with Gasteiger partial charge >= 0.3 is 0 Å². The summed E-state index contributed by atoms with van der Waals surface area (Å²) in [6, 6.07) is 27.3. The molecule has 0 amide bonds. The largest absolute Gasteiger partial charge is 0.497 e. The van der Waals surface area contributed by atoms with E-state index >= 15 is 0 Å². The number of hydrogen-bond acceptors (Lipinski definition) is 1. The summed E-state index contributed by atoms with van der Waals surface area (Å²) in [4.78, 5) is 0. The molecule has 1 atom stereocenters. The van der Waals surface area contributed by atoms with Gasteiger partial charge in [0.05, 0.1) is 7.11 Å². The standard InChI is InChI=1S/C22H20O/c1-3-22(20-13-15-21(23-2)16-14-20)19-11-9-18(10-12-19)17-7-5-4-6-8-17/h3-16,22H,1H2,2H3. The van der Waals surface area contributed by atoms with Crippen LogP contribution in [0.25, 0.3) is 11.1 Å². The summed E-state index contributed by atoms with van der Waals surface area (Å²) >= 11 is 0. The van der Waals surface area contributed by atoms with Crippen LogP contribution < -0.4 is 4.74 Å². The number of methoxy groups -OCH3 is 1. The van der Waals surface area contributed by atoms with Crippen molar-refractivity contribution >= 4 is 0 Å². The van der Waals surface area contributed by atoms with E-state index < -0.39 is 0 Å². The number of rotatable bonds is 5. The molecule has 3 rings (SSSR count). The van der Waals surface area contributed by atoms with E-state index in [1.807, 2.05) is 24.3 Å². The smallest absolute Gasteiger partial charge is 0.118 e. The zero-order valence-corrected chi connectivity index (χ0v) is 13.3. The van der Waals surface area contributed by atoms with Crippen molar-refractivity contribution in [3.8, 4) is 16.9 Å². The Kier molecular flexibility index (Phi) is 4.58. The normalized spacial score (nSPS) is 11.7. The average Bonchev–Trinajstić information content (AvgIpc) is 2.64. The highest BCUT2D eigenvalue weighted by Crippen LogP contribution is 2.29. The van der Waals surface area contributed by atoms with Crippen LogP contribution in [0.3, 0.4) is 0 Å². The van der Waals surface area contributed by atoms with Crippen LogP contribution in [0.1, 0.15) is 17.0 Å². The molecule has 0 bridgehead atoms. The Labute approximate surface area is 137 Å². The number of ether oxygens (including phenoxy) is 1. The summed E-state index contributed by atoms with van der Waals surface area (Å²) in [5.41, 5.74) is 4.92. The second-order valence-corrected chi connectivity index (χ2v) is 5.47. The van der Waals surface area contributed by atoms with E-state index in [4.69, 9.17) is 4.74 Å². The third-order valence-corrected chi connectivity index (χ3v) is 4.09. The van der Waals surface area contributed by atoms with E-state index in [2.05, 4.69) is 67.2 Å². The van der Waals surface area contributed by atoms with E-state index in [9.17, 15) is 0 Å². The first-order valence-corrected chi connectivity index (χ1v) is 7.73. The van der Waals surface area contributed by atoms with Crippen molar-refractivity contribution in [3.63, 3.8) is 0 Å². The first-order chi connectivity index (χ1) is 11.3. The van der Waals surface area contributed by atoms with Gasteiger partial charge in [-0.15, -0.1) is 6.58 Å². The Balaban J connectivity index is 1.88. The molecule has 0 aromatic heterocycles. The van der Waals surface area contributed by atoms with Gasteiger partial charge < -0.3 is 4.74 Å². The predicted molar refractivity (Wildman–Crippen MR) is 96.9 cm³/mol. The Bertz CT molecular complexity index is 755. The minimum absolute atomic E-state index is 0.186. The Morgan fingerprint density at radius 3 is 1.78 bits per heavy atom. The van der Waals surface area contributed by atoms with Gasteiger partial charge in [0.15, 0.2) is 0 Å². The second kappa shape index (κ2) is 6.97. The van der Waals surface area contributed by atoms with Gasteiger partial charge in [-0.3, -0.25) is 0 Å². The summed E-state index contributed by atoms with van der Waals surface area (Å²) < 4.78 is 5.23. The minimum atomic E-state index is 0.186. The summed E-state index contributed by atoms with van der Waals surface area (Å²) in [5, 5.41) is 0. The molecule has 0 aliphatic carbocycles. The highest BCUT2D eigenvalue weighted by Gasteiger charge is 2.10. The predicted octanol–water partition coefficient (Wildman–Crippen LogP) is 5.68. The van der Waals surface area contributed by atoms with Crippen LogP contribution >= 0.6 is 0 Å². The lowest BCUT2D eigenvalue weighted by atomic mass is 9.90. The number of allylic oxidation sites excluding steroid dienone is 1. The van der Waals surface area contributed by atoms with Crippen molar-refractivity contribution in [1.29, 1.82) is 0 Å². The molecule has 0 fully saturated rings. The molecular weight excluding hydrogens is 280 g/mol. The van der Waals surface area contributed by atoms with Crippen LogP contribution in [-0.4, -0.2) is 7.11 Å². The summed E-state index contributed by atoms with van der Waals surface area (Å²) in [7, 11) is 1.68. The molecule has 0 saturated heterocycles. The van der Waals surface area contributed by atoms with Gasteiger partial charge in [0.25, 0.3) is 0 Å². The van der Waals surface area contributed by atoms with E-state index in [0.717, 1.165) is 5.75 Å². The summed E-state index contributed by atoms with van der Waals surface area (Å²) in [6.45, 7) is 4.01.